The Bertz CT molecular complexity index is 989. The van der Waals surface area contributed by atoms with E-state index in [-0.39, 0.29) is 23.8 Å². The highest BCUT2D eigenvalue weighted by molar-refractivity contribution is 5.96. The molecule has 2 aromatic rings. The minimum atomic E-state index is -1.15. The van der Waals surface area contributed by atoms with Crippen molar-refractivity contribution in [1.29, 1.82) is 0 Å². The molecule has 0 radical (unpaired) electrons. The predicted molar refractivity (Wildman–Crippen MR) is 98.8 cm³/mol. The maximum absolute atomic E-state index is 12.9. The van der Waals surface area contributed by atoms with Crippen molar-refractivity contribution in [1.82, 2.24) is 0 Å². The van der Waals surface area contributed by atoms with Gasteiger partial charge in [-0.25, -0.2) is 9.18 Å². The third kappa shape index (κ3) is 4.86. The normalized spacial score (nSPS) is 13.2. The van der Waals surface area contributed by atoms with Crippen molar-refractivity contribution in [2.24, 2.45) is 0 Å². The summed E-state index contributed by atoms with van der Waals surface area (Å²) in [6, 6.07) is 7.64. The topological polar surface area (TPSA) is 117 Å². The second kappa shape index (κ2) is 8.38. The summed E-state index contributed by atoms with van der Waals surface area (Å²) in [5.41, 5.74) is 0.172. The van der Waals surface area contributed by atoms with Gasteiger partial charge in [0.05, 0.1) is 16.6 Å². The molecule has 1 aliphatic heterocycles. The molecule has 1 atom stereocenters. The molecule has 10 heteroatoms. The first-order chi connectivity index (χ1) is 13.8. The monoisotopic (exact) mass is 402 g/mol. The number of benzene rings is 2. The highest BCUT2D eigenvalue weighted by Crippen LogP contribution is 2.38. The highest BCUT2D eigenvalue weighted by atomic mass is 19.1. The SMILES string of the molecule is C[C@@H](OC(=O)/C=C/c1cc2c(cc1[N+](=O)[O-])OCO2)C(=O)Nc1ccc(F)cc1. The zero-order valence-electron chi connectivity index (χ0n) is 15.1. The van der Waals surface area contributed by atoms with Gasteiger partial charge in [-0.3, -0.25) is 14.9 Å². The van der Waals surface area contributed by atoms with E-state index >= 15 is 0 Å². The molecule has 0 spiro atoms. The first-order valence-electron chi connectivity index (χ1n) is 8.36. The summed E-state index contributed by atoms with van der Waals surface area (Å²) in [5, 5.41) is 13.7. The fourth-order valence-electron chi connectivity index (χ4n) is 2.44. The third-order valence-corrected chi connectivity index (χ3v) is 3.89. The van der Waals surface area contributed by atoms with E-state index in [1.54, 1.807) is 0 Å². The smallest absolute Gasteiger partial charge is 0.331 e. The largest absolute Gasteiger partial charge is 0.454 e. The Morgan fingerprint density at radius 2 is 1.90 bits per heavy atom. The average molecular weight is 402 g/mol. The van der Waals surface area contributed by atoms with Gasteiger partial charge in [0.25, 0.3) is 11.6 Å². The number of nitro benzene ring substituents is 1. The Morgan fingerprint density at radius 1 is 1.24 bits per heavy atom. The Balaban J connectivity index is 1.64. The number of carbonyl (C=O) groups is 2. The van der Waals surface area contributed by atoms with Crippen LogP contribution in [0.15, 0.2) is 42.5 Å². The number of rotatable bonds is 6. The number of anilines is 1. The number of nitrogens with one attached hydrogen (secondary N) is 1. The molecule has 0 unspecified atom stereocenters. The third-order valence-electron chi connectivity index (χ3n) is 3.89. The molecule has 0 aromatic heterocycles. The van der Waals surface area contributed by atoms with Crippen molar-refractivity contribution < 1.29 is 33.1 Å². The molecular weight excluding hydrogens is 387 g/mol. The average Bonchev–Trinajstić information content (AvgIpc) is 3.14. The van der Waals surface area contributed by atoms with E-state index in [2.05, 4.69) is 5.32 Å². The Labute approximate surface area is 163 Å². The molecule has 0 bridgehead atoms. The van der Waals surface area contributed by atoms with E-state index < -0.39 is 28.7 Å². The number of fused-ring (bicyclic) bond motifs is 1. The lowest BCUT2D eigenvalue weighted by atomic mass is 10.1. The van der Waals surface area contributed by atoms with Gasteiger partial charge < -0.3 is 19.5 Å². The summed E-state index contributed by atoms with van der Waals surface area (Å²) in [7, 11) is 0. The maximum atomic E-state index is 12.9. The summed E-state index contributed by atoms with van der Waals surface area (Å²) < 4.78 is 28.1. The number of esters is 1. The van der Waals surface area contributed by atoms with Crippen LogP contribution in [0.4, 0.5) is 15.8 Å². The zero-order chi connectivity index (χ0) is 21.0. The van der Waals surface area contributed by atoms with Gasteiger partial charge >= 0.3 is 5.97 Å². The minimum Gasteiger partial charge on any atom is -0.454 e. The molecule has 0 aliphatic carbocycles. The predicted octanol–water partition coefficient (Wildman–Crippen LogP) is 3.05. The van der Waals surface area contributed by atoms with E-state index in [1.165, 1.54) is 49.4 Å². The van der Waals surface area contributed by atoms with Crippen LogP contribution < -0.4 is 14.8 Å². The van der Waals surface area contributed by atoms with E-state index in [1.807, 2.05) is 0 Å². The van der Waals surface area contributed by atoms with Gasteiger partial charge in [0.2, 0.25) is 6.79 Å². The fourth-order valence-corrected chi connectivity index (χ4v) is 2.44. The number of halogens is 1. The number of nitro groups is 1. The lowest BCUT2D eigenvalue weighted by Crippen LogP contribution is -2.29. The first kappa shape index (κ1) is 19.8. The van der Waals surface area contributed by atoms with Gasteiger partial charge in [0.15, 0.2) is 17.6 Å². The first-order valence-corrected chi connectivity index (χ1v) is 8.36. The zero-order valence-corrected chi connectivity index (χ0v) is 15.1. The van der Waals surface area contributed by atoms with Gasteiger partial charge in [0, 0.05) is 11.8 Å². The maximum Gasteiger partial charge on any atom is 0.331 e. The molecule has 2 aromatic carbocycles. The van der Waals surface area contributed by atoms with Crippen LogP contribution in [0.2, 0.25) is 0 Å². The van der Waals surface area contributed by atoms with Crippen LogP contribution in [0.25, 0.3) is 6.08 Å². The van der Waals surface area contributed by atoms with Crippen LogP contribution in [-0.4, -0.2) is 29.7 Å². The van der Waals surface area contributed by atoms with E-state index in [9.17, 15) is 24.1 Å². The fraction of sp³-hybridized carbons (Fsp3) is 0.158. The molecule has 9 nitrogen and oxygen atoms in total. The number of hydrogen-bond acceptors (Lipinski definition) is 7. The summed E-state index contributed by atoms with van der Waals surface area (Å²) in [5.74, 6) is -1.39. The molecule has 1 N–H and O–H groups in total. The van der Waals surface area contributed by atoms with Gasteiger partial charge in [0.1, 0.15) is 5.82 Å². The second-order valence-corrected chi connectivity index (χ2v) is 5.93. The van der Waals surface area contributed by atoms with Crippen LogP contribution in [0.5, 0.6) is 11.5 Å². The molecule has 3 rings (SSSR count). The quantitative estimate of drug-likeness (QED) is 0.342. The van der Waals surface area contributed by atoms with Crippen molar-refractivity contribution >= 4 is 29.3 Å². The van der Waals surface area contributed by atoms with Crippen LogP contribution in [0, 0.1) is 15.9 Å². The van der Waals surface area contributed by atoms with Crippen molar-refractivity contribution in [2.75, 3.05) is 12.1 Å². The minimum absolute atomic E-state index is 0.0532. The molecule has 0 saturated heterocycles. The van der Waals surface area contributed by atoms with Crippen LogP contribution >= 0.6 is 0 Å². The molecule has 0 saturated carbocycles. The second-order valence-electron chi connectivity index (χ2n) is 5.93. The number of hydrogen-bond donors (Lipinski definition) is 1. The van der Waals surface area contributed by atoms with Crippen LogP contribution in [0.3, 0.4) is 0 Å². The molecule has 150 valence electrons. The van der Waals surface area contributed by atoms with E-state index in [0.717, 1.165) is 6.08 Å². The van der Waals surface area contributed by atoms with E-state index in [0.29, 0.717) is 11.4 Å². The molecule has 1 aliphatic rings. The van der Waals surface area contributed by atoms with Crippen LogP contribution in [-0.2, 0) is 14.3 Å². The Morgan fingerprint density at radius 3 is 2.55 bits per heavy atom. The van der Waals surface area contributed by atoms with Crippen molar-refractivity contribution in [2.45, 2.75) is 13.0 Å². The molecule has 29 heavy (non-hydrogen) atoms. The molecule has 1 amide bonds. The number of amides is 1. The Kier molecular flexibility index (Phi) is 5.72. The van der Waals surface area contributed by atoms with Crippen molar-refractivity contribution in [3.8, 4) is 11.5 Å². The molecular formula is C19H15FN2O7. The van der Waals surface area contributed by atoms with Gasteiger partial charge in [-0.2, -0.15) is 0 Å². The number of carbonyl (C=O) groups excluding carboxylic acids is 2. The van der Waals surface area contributed by atoms with Crippen LogP contribution in [0.1, 0.15) is 12.5 Å². The lowest BCUT2D eigenvalue weighted by Gasteiger charge is -2.12. The highest BCUT2D eigenvalue weighted by Gasteiger charge is 2.22. The Hall–Kier alpha value is -3.95. The van der Waals surface area contributed by atoms with Crippen molar-refractivity contribution in [3.63, 3.8) is 0 Å². The molecule has 1 heterocycles. The lowest BCUT2D eigenvalue weighted by molar-refractivity contribution is -0.385. The summed E-state index contributed by atoms with van der Waals surface area (Å²) in [6.07, 6.45) is 1.00. The number of nitrogens with zero attached hydrogens (tertiary/aromatic N) is 1. The van der Waals surface area contributed by atoms with Gasteiger partial charge in [-0.1, -0.05) is 0 Å². The summed E-state index contributed by atoms with van der Waals surface area (Å²) >= 11 is 0. The standard InChI is InChI=1S/C19H15FN2O7/c1-11(19(24)21-14-5-3-13(20)4-6-14)29-18(23)7-2-12-8-16-17(28-10-27-16)9-15(12)22(25)26/h2-9,11H,10H2,1H3,(H,21,24)/b7-2+/t11-/m1/s1. The number of ether oxygens (including phenoxy) is 3. The summed E-state index contributed by atoms with van der Waals surface area (Å²) in [4.78, 5) is 34.6. The van der Waals surface area contributed by atoms with E-state index in [4.69, 9.17) is 14.2 Å². The van der Waals surface area contributed by atoms with Gasteiger partial charge in [-0.05, 0) is 43.3 Å². The van der Waals surface area contributed by atoms with Gasteiger partial charge in [-0.15, -0.1) is 0 Å². The molecule has 0 fully saturated rings. The van der Waals surface area contributed by atoms with Crippen molar-refractivity contribution in [3.05, 3.63) is 64.0 Å². The summed E-state index contributed by atoms with van der Waals surface area (Å²) in [6.45, 7) is 1.30.